The molecule has 2 aliphatic heterocycles. The van der Waals surface area contributed by atoms with Gasteiger partial charge in [0.1, 0.15) is 0 Å². The van der Waals surface area contributed by atoms with Crippen molar-refractivity contribution in [2.75, 3.05) is 31.1 Å². The minimum Gasteiger partial charge on any atom is -0.311 e. The van der Waals surface area contributed by atoms with E-state index in [0.717, 1.165) is 26.1 Å². The maximum absolute atomic E-state index is 11.7. The summed E-state index contributed by atoms with van der Waals surface area (Å²) in [6.45, 7) is 5.18. The second-order valence-electron chi connectivity index (χ2n) is 4.95. The Bertz CT molecular complexity index is 323. The largest absolute Gasteiger partial charge is 0.311 e. The van der Waals surface area contributed by atoms with Crippen molar-refractivity contribution in [3.8, 4) is 0 Å². The molecule has 94 valence electrons. The number of sulfone groups is 1. The molecule has 2 fully saturated rings. The summed E-state index contributed by atoms with van der Waals surface area (Å²) in [4.78, 5) is 2.36. The maximum atomic E-state index is 11.7. The third-order valence-corrected chi connectivity index (χ3v) is 5.31. The molecule has 1 N–H and O–H groups in total. The minimum atomic E-state index is -2.82. The van der Waals surface area contributed by atoms with Crippen LogP contribution in [0.15, 0.2) is 0 Å². The van der Waals surface area contributed by atoms with E-state index in [4.69, 9.17) is 0 Å². The molecule has 2 heterocycles. The molecule has 4 nitrogen and oxygen atoms in total. The van der Waals surface area contributed by atoms with Gasteiger partial charge in [-0.05, 0) is 38.9 Å². The van der Waals surface area contributed by atoms with Gasteiger partial charge in [-0.25, -0.2) is 8.42 Å². The molecule has 0 saturated carbocycles. The molecule has 2 saturated heterocycles. The van der Waals surface area contributed by atoms with Crippen LogP contribution in [0.4, 0.5) is 0 Å². The quantitative estimate of drug-likeness (QED) is 0.772. The Balaban J connectivity index is 2.01. The van der Waals surface area contributed by atoms with Crippen LogP contribution in [0.3, 0.4) is 0 Å². The first-order valence-corrected chi connectivity index (χ1v) is 8.12. The number of hydrogen-bond acceptors (Lipinski definition) is 4. The van der Waals surface area contributed by atoms with E-state index in [-0.39, 0.29) is 12.1 Å². The van der Waals surface area contributed by atoms with Crippen LogP contribution in [0.1, 0.15) is 26.2 Å². The fourth-order valence-corrected chi connectivity index (χ4v) is 4.77. The maximum Gasteiger partial charge on any atom is 0.153 e. The summed E-state index contributed by atoms with van der Waals surface area (Å²) < 4.78 is 23.4. The summed E-state index contributed by atoms with van der Waals surface area (Å²) >= 11 is 0. The highest BCUT2D eigenvalue weighted by Crippen LogP contribution is 2.22. The minimum absolute atomic E-state index is 0.156. The Hall–Kier alpha value is -0.130. The molecule has 0 aromatic rings. The van der Waals surface area contributed by atoms with E-state index < -0.39 is 9.84 Å². The standard InChI is InChI=1S/C11H22N2O2S/c1-2-5-12-10-8-16(14,15)9-11(10)13-6-3-4-7-13/h10-12H,2-9H2,1H3/t10-,11-/m0/s1. The zero-order chi connectivity index (χ0) is 11.6. The highest BCUT2D eigenvalue weighted by atomic mass is 32.2. The fourth-order valence-electron chi connectivity index (χ4n) is 2.79. The number of nitrogens with one attached hydrogen (secondary N) is 1. The molecule has 2 aliphatic rings. The average molecular weight is 246 g/mol. The lowest BCUT2D eigenvalue weighted by atomic mass is 10.1. The zero-order valence-electron chi connectivity index (χ0n) is 9.98. The lowest BCUT2D eigenvalue weighted by Crippen LogP contribution is -2.48. The monoisotopic (exact) mass is 246 g/mol. The fraction of sp³-hybridized carbons (Fsp3) is 1.00. The van der Waals surface area contributed by atoms with Crippen molar-refractivity contribution in [1.29, 1.82) is 0 Å². The van der Waals surface area contributed by atoms with Gasteiger partial charge in [0, 0.05) is 12.1 Å². The van der Waals surface area contributed by atoms with Crippen LogP contribution in [0, 0.1) is 0 Å². The SMILES string of the molecule is CCCN[C@H]1CS(=O)(=O)C[C@@H]1N1CCCC1. The number of nitrogens with zero attached hydrogens (tertiary/aromatic N) is 1. The average Bonchev–Trinajstić information content (AvgIpc) is 2.81. The molecule has 0 bridgehead atoms. The Morgan fingerprint density at radius 3 is 2.56 bits per heavy atom. The number of likely N-dealkylation sites (tertiary alicyclic amines) is 1. The predicted octanol–water partition coefficient (Wildman–Crippen LogP) is 0.247. The highest BCUT2D eigenvalue weighted by molar-refractivity contribution is 7.91. The van der Waals surface area contributed by atoms with Gasteiger partial charge in [0.25, 0.3) is 0 Å². The van der Waals surface area contributed by atoms with Crippen LogP contribution in [0.5, 0.6) is 0 Å². The van der Waals surface area contributed by atoms with Gasteiger partial charge >= 0.3 is 0 Å². The van der Waals surface area contributed by atoms with Crippen molar-refractivity contribution in [2.45, 2.75) is 38.3 Å². The van der Waals surface area contributed by atoms with Crippen LogP contribution < -0.4 is 5.32 Å². The molecule has 2 atom stereocenters. The first-order chi connectivity index (χ1) is 7.62. The summed E-state index contributed by atoms with van der Waals surface area (Å²) in [5.74, 6) is 0.683. The smallest absolute Gasteiger partial charge is 0.153 e. The summed E-state index contributed by atoms with van der Waals surface area (Å²) in [5, 5.41) is 3.39. The Morgan fingerprint density at radius 1 is 1.25 bits per heavy atom. The Kier molecular flexibility index (Phi) is 3.87. The van der Waals surface area contributed by atoms with Gasteiger partial charge in [-0.1, -0.05) is 6.92 Å². The number of rotatable bonds is 4. The molecule has 0 aromatic heterocycles. The van der Waals surface area contributed by atoms with Gasteiger partial charge in [0.2, 0.25) is 0 Å². The van der Waals surface area contributed by atoms with Crippen LogP contribution >= 0.6 is 0 Å². The van der Waals surface area contributed by atoms with Crippen LogP contribution in [0.25, 0.3) is 0 Å². The summed E-state index contributed by atoms with van der Waals surface area (Å²) in [5.41, 5.74) is 0. The second kappa shape index (κ2) is 5.02. The molecule has 0 aromatic carbocycles. The topological polar surface area (TPSA) is 49.4 Å². The van der Waals surface area contributed by atoms with E-state index in [9.17, 15) is 8.42 Å². The third kappa shape index (κ3) is 2.76. The van der Waals surface area contributed by atoms with Crippen molar-refractivity contribution in [2.24, 2.45) is 0 Å². The first-order valence-electron chi connectivity index (χ1n) is 6.30. The molecule has 0 amide bonds. The molecule has 16 heavy (non-hydrogen) atoms. The van der Waals surface area contributed by atoms with E-state index in [1.165, 1.54) is 12.8 Å². The lowest BCUT2D eigenvalue weighted by Gasteiger charge is -2.28. The van der Waals surface area contributed by atoms with Crippen molar-refractivity contribution >= 4 is 9.84 Å². The van der Waals surface area contributed by atoms with Crippen LogP contribution in [0.2, 0.25) is 0 Å². The van der Waals surface area contributed by atoms with Gasteiger partial charge in [-0.2, -0.15) is 0 Å². The molecule has 5 heteroatoms. The van der Waals surface area contributed by atoms with E-state index in [1.807, 2.05) is 0 Å². The van der Waals surface area contributed by atoms with E-state index >= 15 is 0 Å². The summed E-state index contributed by atoms with van der Waals surface area (Å²) in [7, 11) is -2.82. The molecular formula is C11H22N2O2S. The third-order valence-electron chi connectivity index (χ3n) is 3.59. The van der Waals surface area contributed by atoms with E-state index in [0.29, 0.717) is 11.5 Å². The zero-order valence-corrected chi connectivity index (χ0v) is 10.8. The molecule has 0 spiro atoms. The van der Waals surface area contributed by atoms with Crippen molar-refractivity contribution in [3.63, 3.8) is 0 Å². The summed E-state index contributed by atoms with van der Waals surface area (Å²) in [6.07, 6.45) is 3.50. The predicted molar refractivity (Wildman–Crippen MR) is 65.3 cm³/mol. The van der Waals surface area contributed by atoms with Gasteiger partial charge in [0.15, 0.2) is 9.84 Å². The van der Waals surface area contributed by atoms with Gasteiger partial charge in [0.05, 0.1) is 11.5 Å². The van der Waals surface area contributed by atoms with Crippen molar-refractivity contribution in [1.82, 2.24) is 10.2 Å². The normalized spacial score (nSPS) is 34.6. The lowest BCUT2D eigenvalue weighted by molar-refractivity contribution is 0.227. The Labute approximate surface area is 98.3 Å². The molecule has 0 unspecified atom stereocenters. The molecule has 0 aliphatic carbocycles. The van der Waals surface area contributed by atoms with Crippen LogP contribution in [-0.2, 0) is 9.84 Å². The first kappa shape index (κ1) is 12.3. The van der Waals surface area contributed by atoms with Crippen molar-refractivity contribution < 1.29 is 8.42 Å². The van der Waals surface area contributed by atoms with Gasteiger partial charge < -0.3 is 5.32 Å². The van der Waals surface area contributed by atoms with Crippen LogP contribution in [-0.4, -0.2) is 56.5 Å². The van der Waals surface area contributed by atoms with Gasteiger partial charge in [-0.3, -0.25) is 4.90 Å². The highest BCUT2D eigenvalue weighted by Gasteiger charge is 2.40. The second-order valence-corrected chi connectivity index (χ2v) is 7.10. The summed E-state index contributed by atoms with van der Waals surface area (Å²) in [6, 6.07) is 0.377. The number of hydrogen-bond donors (Lipinski definition) is 1. The van der Waals surface area contributed by atoms with Gasteiger partial charge in [-0.15, -0.1) is 0 Å². The van der Waals surface area contributed by atoms with E-state index in [2.05, 4.69) is 17.1 Å². The van der Waals surface area contributed by atoms with Crippen molar-refractivity contribution in [3.05, 3.63) is 0 Å². The molecule has 0 radical (unpaired) electrons. The van der Waals surface area contributed by atoms with E-state index in [1.54, 1.807) is 0 Å². The molecule has 2 rings (SSSR count). The Morgan fingerprint density at radius 2 is 1.94 bits per heavy atom. The molecular weight excluding hydrogens is 224 g/mol.